The Labute approximate surface area is 180 Å². The van der Waals surface area contributed by atoms with Crippen LogP contribution in [0.2, 0.25) is 0 Å². The number of rotatable bonds is 4. The van der Waals surface area contributed by atoms with Gasteiger partial charge in [-0.2, -0.15) is 0 Å². The Morgan fingerprint density at radius 2 is 1.66 bits per heavy atom. The number of anilines is 1. The van der Waals surface area contributed by atoms with E-state index in [0.717, 1.165) is 29.2 Å². The van der Waals surface area contributed by atoms with Gasteiger partial charge in [0.2, 0.25) is 0 Å². The summed E-state index contributed by atoms with van der Waals surface area (Å²) in [6.45, 7) is 0. The van der Waals surface area contributed by atoms with Gasteiger partial charge in [-0.05, 0) is 48.0 Å². The van der Waals surface area contributed by atoms with Crippen molar-refractivity contribution in [3.05, 3.63) is 95.1 Å². The average Bonchev–Trinajstić information content (AvgIpc) is 3.04. The first-order chi connectivity index (χ1) is 15.3. The number of ketones is 1. The first-order valence-electron chi connectivity index (χ1n) is 9.33. The van der Waals surface area contributed by atoms with Crippen LogP contribution in [0.3, 0.4) is 0 Å². The minimum absolute atomic E-state index is 0.0524. The van der Waals surface area contributed by atoms with Crippen molar-refractivity contribution in [1.82, 2.24) is 4.98 Å². The molecule has 0 saturated carbocycles. The molecule has 2 aromatic carbocycles. The highest BCUT2D eigenvalue weighted by molar-refractivity contribution is 6.51. The molecule has 1 aliphatic rings. The first kappa shape index (κ1) is 21.1. The number of hydrogen-bond acceptors (Lipinski definition) is 5. The van der Waals surface area contributed by atoms with E-state index in [1.807, 2.05) is 0 Å². The molecule has 2 heterocycles. The van der Waals surface area contributed by atoms with Crippen LogP contribution in [0.25, 0.3) is 5.76 Å². The van der Waals surface area contributed by atoms with Gasteiger partial charge in [-0.1, -0.05) is 0 Å². The van der Waals surface area contributed by atoms with Gasteiger partial charge in [-0.25, -0.2) is 13.2 Å². The van der Waals surface area contributed by atoms with E-state index in [1.165, 1.54) is 37.7 Å². The third-order valence-electron chi connectivity index (χ3n) is 5.05. The van der Waals surface area contributed by atoms with E-state index in [2.05, 4.69) is 4.98 Å². The first-order valence-corrected chi connectivity index (χ1v) is 9.33. The molecule has 0 radical (unpaired) electrons. The third-order valence-corrected chi connectivity index (χ3v) is 5.05. The maximum atomic E-state index is 14.6. The molecule has 1 unspecified atom stereocenters. The lowest BCUT2D eigenvalue weighted by atomic mass is 9.95. The number of pyridine rings is 1. The minimum Gasteiger partial charge on any atom is -0.507 e. The number of ether oxygens (including phenoxy) is 1. The van der Waals surface area contributed by atoms with Crippen LogP contribution < -0.4 is 9.64 Å². The number of nitrogens with zero attached hydrogens (tertiary/aromatic N) is 2. The van der Waals surface area contributed by atoms with Crippen LogP contribution in [-0.2, 0) is 9.59 Å². The molecule has 0 bridgehead atoms. The zero-order valence-corrected chi connectivity index (χ0v) is 16.6. The van der Waals surface area contributed by atoms with Crippen molar-refractivity contribution >= 4 is 23.1 Å². The molecule has 3 aromatic rings. The molecule has 1 saturated heterocycles. The quantitative estimate of drug-likeness (QED) is 0.375. The van der Waals surface area contributed by atoms with E-state index in [0.29, 0.717) is 11.6 Å². The lowest BCUT2D eigenvalue weighted by Gasteiger charge is -2.25. The summed E-state index contributed by atoms with van der Waals surface area (Å²) in [5, 5.41) is 11.0. The number of methoxy groups -OCH3 is 1. The number of carbonyl (C=O) groups is 2. The summed E-state index contributed by atoms with van der Waals surface area (Å²) in [5.74, 6) is -5.58. The van der Waals surface area contributed by atoms with Crippen LogP contribution in [0.4, 0.5) is 18.9 Å². The van der Waals surface area contributed by atoms with Gasteiger partial charge >= 0.3 is 0 Å². The van der Waals surface area contributed by atoms with Crippen LogP contribution in [0.15, 0.2) is 66.5 Å². The highest BCUT2D eigenvalue weighted by atomic mass is 19.1. The SMILES string of the molecule is COc1ccc(F)cc1/C(O)=C1\C(=O)C(=O)N(c2ccc(F)cc2F)C1c1ccncc1. The predicted octanol–water partition coefficient (Wildman–Crippen LogP) is 4.13. The van der Waals surface area contributed by atoms with Crippen molar-refractivity contribution < 1.29 is 32.6 Å². The number of aromatic nitrogens is 1. The molecule has 1 aliphatic heterocycles. The van der Waals surface area contributed by atoms with Gasteiger partial charge < -0.3 is 9.84 Å². The zero-order chi connectivity index (χ0) is 23.0. The van der Waals surface area contributed by atoms with Crippen molar-refractivity contribution in [2.24, 2.45) is 0 Å². The monoisotopic (exact) mass is 440 g/mol. The molecule has 1 atom stereocenters. The molecular weight excluding hydrogens is 425 g/mol. The second-order valence-corrected chi connectivity index (χ2v) is 6.89. The number of amides is 1. The molecule has 0 aliphatic carbocycles. The van der Waals surface area contributed by atoms with Crippen molar-refractivity contribution in [3.63, 3.8) is 0 Å². The van der Waals surface area contributed by atoms with Gasteiger partial charge in [-0.15, -0.1) is 0 Å². The van der Waals surface area contributed by atoms with Gasteiger partial charge in [0.25, 0.3) is 11.7 Å². The summed E-state index contributed by atoms with van der Waals surface area (Å²) in [6.07, 6.45) is 2.78. The second-order valence-electron chi connectivity index (χ2n) is 6.89. The molecule has 32 heavy (non-hydrogen) atoms. The van der Waals surface area contributed by atoms with Crippen molar-refractivity contribution in [3.8, 4) is 5.75 Å². The van der Waals surface area contributed by atoms with E-state index in [9.17, 15) is 27.9 Å². The zero-order valence-electron chi connectivity index (χ0n) is 16.6. The van der Waals surface area contributed by atoms with E-state index in [4.69, 9.17) is 4.74 Å². The van der Waals surface area contributed by atoms with Crippen LogP contribution >= 0.6 is 0 Å². The lowest BCUT2D eigenvalue weighted by Crippen LogP contribution is -2.30. The molecule has 6 nitrogen and oxygen atoms in total. The maximum Gasteiger partial charge on any atom is 0.300 e. The second kappa shape index (κ2) is 8.18. The van der Waals surface area contributed by atoms with Crippen molar-refractivity contribution in [2.45, 2.75) is 6.04 Å². The Morgan fingerprint density at radius 1 is 1.00 bits per heavy atom. The maximum absolute atomic E-state index is 14.6. The van der Waals surface area contributed by atoms with Crippen molar-refractivity contribution in [2.75, 3.05) is 12.0 Å². The van der Waals surface area contributed by atoms with Crippen LogP contribution in [0, 0.1) is 17.5 Å². The summed E-state index contributed by atoms with van der Waals surface area (Å²) in [6, 6.07) is 7.50. The van der Waals surface area contributed by atoms with Gasteiger partial charge in [0.1, 0.15) is 29.0 Å². The largest absolute Gasteiger partial charge is 0.507 e. The Bertz CT molecular complexity index is 1260. The molecule has 4 rings (SSSR count). The summed E-state index contributed by atoms with van der Waals surface area (Å²) >= 11 is 0. The summed E-state index contributed by atoms with van der Waals surface area (Å²) in [4.78, 5) is 30.7. The normalized spacial score (nSPS) is 17.6. The Balaban J connectivity index is 2.00. The molecule has 0 spiro atoms. The van der Waals surface area contributed by atoms with Crippen LogP contribution in [0.1, 0.15) is 17.2 Å². The van der Waals surface area contributed by atoms with Gasteiger partial charge in [0, 0.05) is 18.5 Å². The average molecular weight is 440 g/mol. The Kier molecular flexibility index (Phi) is 5.40. The molecule has 9 heteroatoms. The highest BCUT2D eigenvalue weighted by Gasteiger charge is 2.48. The number of carbonyl (C=O) groups excluding carboxylic acids is 2. The van der Waals surface area contributed by atoms with E-state index >= 15 is 0 Å². The number of aliphatic hydroxyl groups is 1. The van der Waals surface area contributed by atoms with Gasteiger partial charge in [0.15, 0.2) is 0 Å². The number of hydrogen-bond donors (Lipinski definition) is 1. The topological polar surface area (TPSA) is 79.7 Å². The van der Waals surface area contributed by atoms with Crippen LogP contribution in [0.5, 0.6) is 5.75 Å². The molecule has 162 valence electrons. The fourth-order valence-electron chi connectivity index (χ4n) is 3.63. The van der Waals surface area contributed by atoms with E-state index in [1.54, 1.807) is 0 Å². The molecule has 1 amide bonds. The Morgan fingerprint density at radius 3 is 2.31 bits per heavy atom. The fourth-order valence-corrected chi connectivity index (χ4v) is 3.63. The molecule has 1 aromatic heterocycles. The minimum atomic E-state index is -1.29. The lowest BCUT2D eigenvalue weighted by molar-refractivity contribution is -0.132. The van der Waals surface area contributed by atoms with Crippen LogP contribution in [-0.4, -0.2) is 28.9 Å². The molecule has 1 fully saturated rings. The molecule has 1 N–H and O–H groups in total. The fraction of sp³-hybridized carbons (Fsp3) is 0.0870. The molecular formula is C23H15F3N2O4. The summed E-state index contributed by atoms with van der Waals surface area (Å²) < 4.78 is 47.1. The van der Waals surface area contributed by atoms with Crippen molar-refractivity contribution in [1.29, 1.82) is 0 Å². The number of aliphatic hydroxyl groups excluding tert-OH is 1. The summed E-state index contributed by atoms with van der Waals surface area (Å²) in [5.41, 5.74) is -0.613. The third kappa shape index (κ3) is 3.47. The number of benzene rings is 2. The predicted molar refractivity (Wildman–Crippen MR) is 108 cm³/mol. The van der Waals surface area contributed by atoms with Gasteiger partial charge in [0.05, 0.1) is 30.0 Å². The number of Topliss-reactive ketones (excluding diaryl/α,β-unsaturated/α-hetero) is 1. The number of halogens is 3. The van der Waals surface area contributed by atoms with Gasteiger partial charge in [-0.3, -0.25) is 19.5 Å². The smallest absolute Gasteiger partial charge is 0.300 e. The summed E-state index contributed by atoms with van der Waals surface area (Å²) in [7, 11) is 1.29. The van der Waals surface area contributed by atoms with E-state index < -0.39 is 46.5 Å². The van der Waals surface area contributed by atoms with E-state index in [-0.39, 0.29) is 17.0 Å². The standard InChI is InChI=1S/C23H15F3N2O4/c1-32-18-5-3-13(24)10-15(18)21(29)19-20(12-6-8-27-9-7-12)28(23(31)22(19)30)17-4-2-14(25)11-16(17)26/h2-11,20,29H,1H3/b21-19+. The Hall–Kier alpha value is -4.14. The highest BCUT2D eigenvalue weighted by Crippen LogP contribution is 2.43.